The molecule has 178 valence electrons. The summed E-state index contributed by atoms with van der Waals surface area (Å²) in [5.74, 6) is -5.19. The second kappa shape index (κ2) is 13.0. The molecule has 2 rings (SSSR count). The van der Waals surface area contributed by atoms with Gasteiger partial charge in [0.2, 0.25) is 0 Å². The molecule has 2 aromatic rings. The number of nitrogens with one attached hydrogen (secondary N) is 2. The first kappa shape index (κ1) is 26.4. The summed E-state index contributed by atoms with van der Waals surface area (Å²) < 4.78 is 44.9. The molecular formula is C19H19F3IN5O5. The zero-order valence-corrected chi connectivity index (χ0v) is 19.3. The topological polar surface area (TPSA) is 137 Å². The van der Waals surface area contributed by atoms with Crippen LogP contribution < -0.4 is 10.8 Å². The highest BCUT2D eigenvalue weighted by molar-refractivity contribution is 14.1. The van der Waals surface area contributed by atoms with Gasteiger partial charge in [0, 0.05) is 15.9 Å². The number of rotatable bonds is 10. The van der Waals surface area contributed by atoms with Gasteiger partial charge in [-0.25, -0.2) is 18.7 Å². The molecule has 33 heavy (non-hydrogen) atoms. The van der Waals surface area contributed by atoms with Crippen molar-refractivity contribution in [2.24, 2.45) is 15.4 Å². The van der Waals surface area contributed by atoms with E-state index in [0.29, 0.717) is 3.57 Å². The molecule has 0 aliphatic rings. The number of carbonyl (C=O) groups excluding carboxylic acids is 1. The molecule has 0 aliphatic carbocycles. The molecule has 1 amide bonds. The summed E-state index contributed by atoms with van der Waals surface area (Å²) >= 11 is 1.87. The van der Waals surface area contributed by atoms with Crippen molar-refractivity contribution in [3.8, 4) is 0 Å². The van der Waals surface area contributed by atoms with E-state index >= 15 is 4.39 Å². The predicted octanol–water partition coefficient (Wildman–Crippen LogP) is 2.86. The third-order valence-corrected chi connectivity index (χ3v) is 4.50. The van der Waals surface area contributed by atoms with Gasteiger partial charge in [-0.2, -0.15) is 0 Å². The summed E-state index contributed by atoms with van der Waals surface area (Å²) in [6.45, 7) is -1.23. The number of nitrogens with zero attached hydrogens (tertiary/aromatic N) is 3. The lowest BCUT2D eigenvalue weighted by Crippen LogP contribution is -2.27. The minimum Gasteiger partial charge on any atom is -0.394 e. The molecule has 10 nitrogen and oxygen atoms in total. The van der Waals surface area contributed by atoms with Crippen molar-refractivity contribution in [3.63, 3.8) is 0 Å². The van der Waals surface area contributed by atoms with E-state index in [-0.39, 0.29) is 25.5 Å². The average molecular weight is 581 g/mol. The molecule has 0 spiro atoms. The quantitative estimate of drug-likeness (QED) is 0.0851. The van der Waals surface area contributed by atoms with Gasteiger partial charge in [0.05, 0.1) is 42.3 Å². The minimum atomic E-state index is -1.52. The van der Waals surface area contributed by atoms with Crippen LogP contribution in [0.5, 0.6) is 0 Å². The second-order valence-corrected chi connectivity index (χ2v) is 7.26. The number of aliphatic hydroxyl groups excluding tert-OH is 2. The van der Waals surface area contributed by atoms with Gasteiger partial charge < -0.3 is 20.4 Å². The van der Waals surface area contributed by atoms with Crippen LogP contribution >= 0.6 is 22.6 Å². The lowest BCUT2D eigenvalue weighted by molar-refractivity contribution is 0.0168. The number of amides is 1. The molecular weight excluding hydrogens is 562 g/mol. The van der Waals surface area contributed by atoms with Gasteiger partial charge in [-0.3, -0.25) is 14.6 Å². The lowest BCUT2D eigenvalue weighted by Gasteiger charge is -2.16. The third-order valence-electron chi connectivity index (χ3n) is 3.83. The number of anilines is 2. The molecule has 0 aromatic heterocycles. The molecule has 0 bridgehead atoms. The third kappa shape index (κ3) is 7.08. The fourth-order valence-electron chi connectivity index (χ4n) is 2.40. The predicted molar refractivity (Wildman–Crippen MR) is 120 cm³/mol. The summed E-state index contributed by atoms with van der Waals surface area (Å²) in [5, 5.41) is 26.6. The second-order valence-electron chi connectivity index (χ2n) is 6.01. The van der Waals surface area contributed by atoms with Crippen molar-refractivity contribution in [2.75, 3.05) is 38.8 Å². The summed E-state index contributed by atoms with van der Waals surface area (Å²) in [4.78, 5) is 25.7. The van der Waals surface area contributed by atoms with Crippen LogP contribution in [0, 0.1) is 21.0 Å². The smallest absolute Gasteiger partial charge is 0.277 e. The van der Waals surface area contributed by atoms with E-state index in [2.05, 4.69) is 25.5 Å². The van der Waals surface area contributed by atoms with Crippen molar-refractivity contribution in [1.29, 1.82) is 0 Å². The van der Waals surface area contributed by atoms with Gasteiger partial charge in [0.15, 0.2) is 17.5 Å². The Bertz CT molecular complexity index is 1050. The molecule has 0 heterocycles. The maximum absolute atomic E-state index is 15.1. The van der Waals surface area contributed by atoms with Gasteiger partial charge >= 0.3 is 0 Å². The summed E-state index contributed by atoms with van der Waals surface area (Å²) in [6.07, 6.45) is 0. The van der Waals surface area contributed by atoms with E-state index in [1.807, 2.05) is 28.1 Å². The average Bonchev–Trinajstić information content (AvgIpc) is 2.79. The number of aliphatic imine (C=N–C) groups is 1. The number of halogens is 4. The zero-order chi connectivity index (χ0) is 24.4. The number of aliphatic hydroxyl groups is 2. The Labute approximate surface area is 199 Å². The molecule has 0 unspecified atom stereocenters. The minimum absolute atomic E-state index is 0.197. The fraction of sp³-hybridized carbons (Fsp3) is 0.263. The first-order valence-corrected chi connectivity index (χ1v) is 10.3. The number of carbonyl (C=O) groups is 1. The van der Waals surface area contributed by atoms with Gasteiger partial charge in [-0.15, -0.1) is 0 Å². The fourth-order valence-corrected chi connectivity index (χ4v) is 2.85. The van der Waals surface area contributed by atoms with Crippen molar-refractivity contribution in [2.45, 2.75) is 0 Å². The van der Waals surface area contributed by atoms with Gasteiger partial charge in [-0.1, -0.05) is 5.11 Å². The maximum atomic E-state index is 15.1. The van der Waals surface area contributed by atoms with Crippen molar-refractivity contribution >= 4 is 45.7 Å². The molecule has 0 atom stereocenters. The Morgan fingerprint density at radius 3 is 2.45 bits per heavy atom. The first-order chi connectivity index (χ1) is 15.8. The van der Waals surface area contributed by atoms with Crippen LogP contribution in [0.1, 0.15) is 15.9 Å². The Morgan fingerprint density at radius 1 is 1.09 bits per heavy atom. The van der Waals surface area contributed by atoms with Crippen molar-refractivity contribution in [1.82, 2.24) is 5.48 Å². The number of hydrogen-bond donors (Lipinski definition) is 4. The molecule has 2 aromatic carbocycles. The van der Waals surface area contributed by atoms with Crippen LogP contribution in [0.4, 0.5) is 24.5 Å². The van der Waals surface area contributed by atoms with Gasteiger partial charge in [0.1, 0.15) is 12.4 Å². The van der Waals surface area contributed by atoms with Crippen molar-refractivity contribution in [3.05, 3.63) is 56.4 Å². The number of amidine groups is 1. The Morgan fingerprint density at radius 2 is 1.82 bits per heavy atom. The van der Waals surface area contributed by atoms with Crippen LogP contribution in [-0.4, -0.2) is 55.4 Å². The van der Waals surface area contributed by atoms with E-state index in [9.17, 15) is 13.6 Å². The molecule has 0 saturated heterocycles. The van der Waals surface area contributed by atoms with Crippen molar-refractivity contribution < 1.29 is 37.9 Å². The van der Waals surface area contributed by atoms with Crippen LogP contribution in [0.15, 0.2) is 39.6 Å². The Balaban J connectivity index is 2.56. The molecule has 14 heteroatoms. The molecule has 0 saturated carbocycles. The van der Waals surface area contributed by atoms with Gasteiger partial charge in [-0.05, 0) is 46.9 Å². The molecule has 0 fully saturated rings. The highest BCUT2D eigenvalue weighted by Crippen LogP contribution is 2.31. The number of hydroxylamine groups is 1. The lowest BCUT2D eigenvalue weighted by atomic mass is 10.0. The molecule has 0 radical (unpaired) electrons. The summed E-state index contributed by atoms with van der Waals surface area (Å²) in [7, 11) is 1.22. The zero-order valence-electron chi connectivity index (χ0n) is 17.1. The highest BCUT2D eigenvalue weighted by atomic mass is 127. The van der Waals surface area contributed by atoms with E-state index in [1.54, 1.807) is 0 Å². The summed E-state index contributed by atoms with van der Waals surface area (Å²) in [6, 6.07) is 4.88. The van der Waals surface area contributed by atoms with Crippen LogP contribution in [0.25, 0.3) is 0 Å². The largest absolute Gasteiger partial charge is 0.394 e. The van der Waals surface area contributed by atoms with E-state index < -0.39 is 52.6 Å². The normalized spacial score (nSPS) is 11.7. The van der Waals surface area contributed by atoms with Crippen LogP contribution in [0.3, 0.4) is 0 Å². The molecule has 4 N–H and O–H groups in total. The standard InChI is InChI=1S/C19H19F3IN5O5/c1-24-18(26-28-33-7-5-30)11-9-12(19(31)27-32-6-4-29)17(16(22)15(11)21)25-14-3-2-10(23)8-13(14)20/h2-3,8-9,25,29-30H,4-7H2,1H3,(H,27,31)/b24-18+,28-26?. The van der Waals surface area contributed by atoms with Crippen LogP contribution in [0.2, 0.25) is 0 Å². The Kier molecular flexibility index (Phi) is 10.4. The van der Waals surface area contributed by atoms with E-state index in [4.69, 9.17) is 15.1 Å². The first-order valence-electron chi connectivity index (χ1n) is 9.22. The highest BCUT2D eigenvalue weighted by Gasteiger charge is 2.26. The summed E-state index contributed by atoms with van der Waals surface area (Å²) in [5.41, 5.74) is 0.0530. The van der Waals surface area contributed by atoms with Gasteiger partial charge in [0.25, 0.3) is 5.91 Å². The van der Waals surface area contributed by atoms with E-state index in [0.717, 1.165) is 12.1 Å². The molecule has 0 aliphatic heterocycles. The number of hydrogen-bond acceptors (Lipinski definition) is 8. The van der Waals surface area contributed by atoms with E-state index in [1.165, 1.54) is 19.2 Å². The Hall–Kier alpha value is -2.82. The maximum Gasteiger partial charge on any atom is 0.277 e. The number of benzene rings is 2. The monoisotopic (exact) mass is 581 g/mol. The SMILES string of the molecule is C/N=C(/N=NOCCO)c1cc(C(=O)NOCCO)c(Nc2ccc(I)cc2F)c(F)c1F. The van der Waals surface area contributed by atoms with Crippen LogP contribution in [-0.2, 0) is 9.68 Å².